The molecule has 2 heterocycles. The second-order valence-electron chi connectivity index (χ2n) is 5.87. The fraction of sp³-hybridized carbons (Fsp3) is 0.533. The second-order valence-corrected chi connectivity index (χ2v) is 5.87. The Labute approximate surface area is 118 Å². The third-order valence-electron chi connectivity index (χ3n) is 4.47. The zero-order valence-corrected chi connectivity index (χ0v) is 11.6. The molecule has 2 fully saturated rings. The largest absolute Gasteiger partial charge is 0.325 e. The molecule has 3 rings (SSSR count). The van der Waals surface area contributed by atoms with Gasteiger partial charge in [-0.3, -0.25) is 19.5 Å². The molecule has 5 heteroatoms. The van der Waals surface area contributed by atoms with E-state index in [1.165, 1.54) is 4.90 Å². The van der Waals surface area contributed by atoms with Crippen molar-refractivity contribution in [3.63, 3.8) is 0 Å². The van der Waals surface area contributed by atoms with E-state index in [1.807, 2.05) is 12.1 Å². The number of pyridine rings is 1. The van der Waals surface area contributed by atoms with Crippen LogP contribution in [0.3, 0.4) is 0 Å². The Kier molecular flexibility index (Phi) is 3.30. The number of carbonyl (C=O) groups is 2. The maximum Gasteiger partial charge on any atom is 0.233 e. The maximum absolute atomic E-state index is 12.4. The van der Waals surface area contributed by atoms with Crippen molar-refractivity contribution in [3.05, 3.63) is 29.6 Å². The van der Waals surface area contributed by atoms with E-state index in [0.29, 0.717) is 19.0 Å². The fourth-order valence-electron chi connectivity index (χ4n) is 3.47. The second kappa shape index (κ2) is 4.98. The van der Waals surface area contributed by atoms with Crippen LogP contribution in [-0.2, 0) is 22.7 Å². The number of carbonyl (C=O) groups excluding carboxylic acids is 2. The van der Waals surface area contributed by atoms with Crippen LogP contribution in [0.25, 0.3) is 0 Å². The van der Waals surface area contributed by atoms with E-state index < -0.39 is 0 Å². The highest BCUT2D eigenvalue weighted by atomic mass is 16.2. The minimum absolute atomic E-state index is 0.0174. The van der Waals surface area contributed by atoms with Crippen LogP contribution in [0, 0.1) is 17.8 Å². The van der Waals surface area contributed by atoms with Crippen molar-refractivity contribution in [2.24, 2.45) is 23.5 Å². The SMILES string of the molecule is CC1CC2C(=O)N(Cc3cccnc3CN)C(=O)C2C1. The Balaban J connectivity index is 1.82. The van der Waals surface area contributed by atoms with E-state index >= 15 is 0 Å². The zero-order valence-electron chi connectivity index (χ0n) is 11.6. The van der Waals surface area contributed by atoms with Crippen LogP contribution < -0.4 is 5.73 Å². The van der Waals surface area contributed by atoms with Crippen LogP contribution >= 0.6 is 0 Å². The Morgan fingerprint density at radius 1 is 1.30 bits per heavy atom. The van der Waals surface area contributed by atoms with Crippen LogP contribution in [0.15, 0.2) is 18.3 Å². The molecule has 0 spiro atoms. The smallest absolute Gasteiger partial charge is 0.233 e. The van der Waals surface area contributed by atoms with Gasteiger partial charge in [0.25, 0.3) is 0 Å². The van der Waals surface area contributed by atoms with Crippen molar-refractivity contribution in [3.8, 4) is 0 Å². The van der Waals surface area contributed by atoms with Gasteiger partial charge in [-0.05, 0) is 30.4 Å². The van der Waals surface area contributed by atoms with Crippen LogP contribution in [-0.4, -0.2) is 21.7 Å². The Morgan fingerprint density at radius 2 is 1.95 bits per heavy atom. The highest BCUT2D eigenvalue weighted by molar-refractivity contribution is 6.05. The molecular formula is C15H19N3O2. The van der Waals surface area contributed by atoms with Gasteiger partial charge in [0.1, 0.15) is 0 Å². The predicted molar refractivity (Wildman–Crippen MR) is 73.1 cm³/mol. The van der Waals surface area contributed by atoms with Gasteiger partial charge in [-0.15, -0.1) is 0 Å². The molecule has 1 saturated heterocycles. The summed E-state index contributed by atoms with van der Waals surface area (Å²) in [6.45, 7) is 2.73. The highest BCUT2D eigenvalue weighted by Gasteiger charge is 2.51. The van der Waals surface area contributed by atoms with Crippen molar-refractivity contribution in [2.75, 3.05) is 0 Å². The molecule has 0 bridgehead atoms. The minimum Gasteiger partial charge on any atom is -0.325 e. The number of likely N-dealkylation sites (tertiary alicyclic amines) is 1. The average molecular weight is 273 g/mol. The Bertz CT molecular complexity index is 534. The van der Waals surface area contributed by atoms with E-state index in [9.17, 15) is 9.59 Å². The summed E-state index contributed by atoms with van der Waals surface area (Å²) >= 11 is 0. The summed E-state index contributed by atoms with van der Waals surface area (Å²) in [5.41, 5.74) is 7.27. The molecule has 0 radical (unpaired) electrons. The van der Waals surface area contributed by atoms with Gasteiger partial charge in [-0.25, -0.2) is 0 Å². The zero-order chi connectivity index (χ0) is 14.3. The maximum atomic E-state index is 12.4. The van der Waals surface area contributed by atoms with Gasteiger partial charge < -0.3 is 5.73 Å². The summed E-state index contributed by atoms with van der Waals surface area (Å²) < 4.78 is 0. The number of nitrogens with two attached hydrogens (primary N) is 1. The Morgan fingerprint density at radius 3 is 2.55 bits per heavy atom. The third kappa shape index (κ3) is 2.02. The summed E-state index contributed by atoms with van der Waals surface area (Å²) in [6.07, 6.45) is 3.35. The van der Waals surface area contributed by atoms with Crippen molar-refractivity contribution in [1.82, 2.24) is 9.88 Å². The van der Waals surface area contributed by atoms with Gasteiger partial charge in [0.15, 0.2) is 0 Å². The topological polar surface area (TPSA) is 76.3 Å². The van der Waals surface area contributed by atoms with Gasteiger partial charge in [-0.2, -0.15) is 0 Å². The molecule has 2 N–H and O–H groups in total. The molecule has 106 valence electrons. The normalized spacial score (nSPS) is 29.1. The number of hydrogen-bond donors (Lipinski definition) is 1. The lowest BCUT2D eigenvalue weighted by atomic mass is 10.00. The lowest BCUT2D eigenvalue weighted by Crippen LogP contribution is -2.32. The molecule has 20 heavy (non-hydrogen) atoms. The van der Waals surface area contributed by atoms with Gasteiger partial charge in [0.2, 0.25) is 11.8 Å². The first-order valence-corrected chi connectivity index (χ1v) is 7.10. The molecular weight excluding hydrogens is 254 g/mol. The van der Waals surface area contributed by atoms with Crippen molar-refractivity contribution >= 4 is 11.8 Å². The van der Waals surface area contributed by atoms with E-state index in [1.54, 1.807) is 6.20 Å². The first kappa shape index (κ1) is 13.2. The predicted octanol–water partition coefficient (Wildman–Crippen LogP) is 1.07. The standard InChI is InChI=1S/C15H19N3O2/c1-9-5-11-12(6-9)15(20)18(14(11)19)8-10-3-2-4-17-13(10)7-16/h2-4,9,11-12H,5-8,16H2,1H3. The molecule has 2 unspecified atom stereocenters. The van der Waals surface area contributed by atoms with Crippen molar-refractivity contribution in [2.45, 2.75) is 32.9 Å². The number of hydrogen-bond acceptors (Lipinski definition) is 4. The Hall–Kier alpha value is -1.75. The number of aromatic nitrogens is 1. The highest BCUT2D eigenvalue weighted by Crippen LogP contribution is 2.43. The van der Waals surface area contributed by atoms with Gasteiger partial charge in [0.05, 0.1) is 24.1 Å². The van der Waals surface area contributed by atoms with E-state index in [0.717, 1.165) is 24.1 Å². The molecule has 0 aromatic carbocycles. The minimum atomic E-state index is -0.101. The quantitative estimate of drug-likeness (QED) is 0.836. The van der Waals surface area contributed by atoms with Gasteiger partial charge in [-0.1, -0.05) is 13.0 Å². The first-order valence-electron chi connectivity index (χ1n) is 7.10. The van der Waals surface area contributed by atoms with E-state index in [4.69, 9.17) is 5.73 Å². The molecule has 2 aliphatic rings. The molecule has 1 aliphatic heterocycles. The fourth-order valence-corrected chi connectivity index (χ4v) is 3.47. The van der Waals surface area contributed by atoms with Crippen LogP contribution in [0.2, 0.25) is 0 Å². The monoisotopic (exact) mass is 273 g/mol. The molecule has 1 saturated carbocycles. The molecule has 2 amide bonds. The lowest BCUT2D eigenvalue weighted by molar-refractivity contribution is -0.141. The number of imide groups is 1. The summed E-state index contributed by atoms with van der Waals surface area (Å²) in [5, 5.41) is 0. The lowest BCUT2D eigenvalue weighted by Gasteiger charge is -2.18. The van der Waals surface area contributed by atoms with Gasteiger partial charge in [0, 0.05) is 12.7 Å². The third-order valence-corrected chi connectivity index (χ3v) is 4.47. The molecule has 1 aliphatic carbocycles. The molecule has 1 aromatic rings. The van der Waals surface area contributed by atoms with Crippen LogP contribution in [0.1, 0.15) is 31.0 Å². The van der Waals surface area contributed by atoms with Crippen LogP contribution in [0.5, 0.6) is 0 Å². The van der Waals surface area contributed by atoms with E-state index in [-0.39, 0.29) is 23.7 Å². The molecule has 5 nitrogen and oxygen atoms in total. The molecule has 2 atom stereocenters. The first-order chi connectivity index (χ1) is 9.61. The van der Waals surface area contributed by atoms with Crippen molar-refractivity contribution in [1.29, 1.82) is 0 Å². The van der Waals surface area contributed by atoms with Gasteiger partial charge >= 0.3 is 0 Å². The van der Waals surface area contributed by atoms with E-state index in [2.05, 4.69) is 11.9 Å². The summed E-state index contributed by atoms with van der Waals surface area (Å²) in [7, 11) is 0. The van der Waals surface area contributed by atoms with Crippen molar-refractivity contribution < 1.29 is 9.59 Å². The number of fused-ring (bicyclic) bond motifs is 1. The summed E-state index contributed by atoms with van der Waals surface area (Å²) in [4.78, 5) is 30.4. The number of amides is 2. The summed E-state index contributed by atoms with van der Waals surface area (Å²) in [5.74, 6) is 0.233. The summed E-state index contributed by atoms with van der Waals surface area (Å²) in [6, 6.07) is 3.69. The average Bonchev–Trinajstić information content (AvgIpc) is 2.93. The molecule has 1 aromatic heterocycles. The number of nitrogens with zero attached hydrogens (tertiary/aromatic N) is 2. The number of rotatable bonds is 3. The van der Waals surface area contributed by atoms with Crippen LogP contribution in [0.4, 0.5) is 0 Å².